The molecule has 0 bridgehead atoms. The van der Waals surface area contributed by atoms with Crippen molar-refractivity contribution >= 4 is 17.5 Å². The third-order valence-electron chi connectivity index (χ3n) is 4.64. The Bertz CT molecular complexity index is 933. The molecule has 0 saturated carbocycles. The number of likely N-dealkylation sites (N-methyl/N-ethyl adjacent to an activating group) is 1. The third-order valence-corrected chi connectivity index (χ3v) is 4.97. The molecule has 1 unspecified atom stereocenters. The molecule has 5 heteroatoms. The van der Waals surface area contributed by atoms with Gasteiger partial charge in [0.25, 0.3) is 5.91 Å². The Hall–Kier alpha value is -2.59. The molecule has 0 radical (unpaired) electrons. The first-order valence-corrected chi connectivity index (χ1v) is 8.82. The maximum absolute atomic E-state index is 13.1. The van der Waals surface area contributed by atoms with Gasteiger partial charge in [-0.25, -0.2) is 0 Å². The van der Waals surface area contributed by atoms with E-state index in [0.29, 0.717) is 5.02 Å². The molecule has 4 nitrogen and oxygen atoms in total. The topological polar surface area (TPSA) is 38.1 Å². The summed E-state index contributed by atoms with van der Waals surface area (Å²) in [4.78, 5) is 14.7. The van der Waals surface area contributed by atoms with Crippen LogP contribution in [0.1, 0.15) is 18.1 Å². The predicted octanol–water partition coefficient (Wildman–Crippen LogP) is 4.36. The van der Waals surface area contributed by atoms with Gasteiger partial charge in [-0.15, -0.1) is 0 Å². The van der Waals surface area contributed by atoms with Crippen LogP contribution in [0.25, 0.3) is 11.3 Å². The van der Waals surface area contributed by atoms with E-state index in [1.807, 2.05) is 74.6 Å². The van der Waals surface area contributed by atoms with E-state index in [9.17, 15) is 4.79 Å². The summed E-state index contributed by atoms with van der Waals surface area (Å²) in [5, 5.41) is 5.42. The molecule has 0 saturated heterocycles. The van der Waals surface area contributed by atoms with Gasteiger partial charge >= 0.3 is 0 Å². The van der Waals surface area contributed by atoms with Crippen LogP contribution < -0.4 is 0 Å². The molecule has 0 aliphatic rings. The van der Waals surface area contributed by atoms with E-state index < -0.39 is 5.54 Å². The van der Waals surface area contributed by atoms with Crippen LogP contribution in [-0.2, 0) is 10.3 Å². The molecular formula is C21H22ClN3O. The molecule has 134 valence electrons. The number of hydrogen-bond acceptors (Lipinski definition) is 2. The average Bonchev–Trinajstić information content (AvgIpc) is 3.03. The minimum Gasteiger partial charge on any atom is -0.346 e. The fourth-order valence-electron chi connectivity index (χ4n) is 3.16. The number of rotatable bonds is 4. The maximum atomic E-state index is 13.1. The van der Waals surface area contributed by atoms with Gasteiger partial charge < -0.3 is 4.90 Å². The summed E-state index contributed by atoms with van der Waals surface area (Å²) in [6.07, 6.45) is 1.91. The Morgan fingerprint density at radius 1 is 1.08 bits per heavy atom. The largest absolute Gasteiger partial charge is 0.346 e. The highest BCUT2D eigenvalue weighted by Gasteiger charge is 2.39. The Morgan fingerprint density at radius 2 is 1.69 bits per heavy atom. The molecule has 1 aromatic heterocycles. The lowest BCUT2D eigenvalue weighted by molar-refractivity contribution is -0.135. The normalized spacial score (nSPS) is 13.3. The van der Waals surface area contributed by atoms with Crippen LogP contribution in [0.2, 0.25) is 5.02 Å². The second kappa shape index (κ2) is 6.96. The monoisotopic (exact) mass is 367 g/mol. The van der Waals surface area contributed by atoms with Crippen molar-refractivity contribution in [1.29, 1.82) is 0 Å². The zero-order valence-corrected chi connectivity index (χ0v) is 16.2. The molecule has 26 heavy (non-hydrogen) atoms. The number of hydrogen-bond donors (Lipinski definition) is 0. The summed E-state index contributed by atoms with van der Waals surface area (Å²) in [6, 6.07) is 17.3. The van der Waals surface area contributed by atoms with Crippen molar-refractivity contribution in [3.8, 4) is 11.3 Å². The second-order valence-electron chi connectivity index (χ2n) is 6.72. The Balaban J connectivity index is 2.20. The lowest BCUT2D eigenvalue weighted by Crippen LogP contribution is -2.47. The maximum Gasteiger partial charge on any atom is 0.254 e. The molecule has 0 spiro atoms. The second-order valence-corrected chi connectivity index (χ2v) is 7.13. The van der Waals surface area contributed by atoms with Gasteiger partial charge in [-0.2, -0.15) is 5.10 Å². The summed E-state index contributed by atoms with van der Waals surface area (Å²) in [7, 11) is 3.52. The number of aryl methyl sites for hydroxylation is 1. The molecule has 0 N–H and O–H groups in total. The number of benzene rings is 2. The standard InChI is InChI=1S/C21H22ClN3O/c1-15-14-25(23-19(15)17-12-8-9-13-18(17)22)21(2,20(26)24(3)4)16-10-6-5-7-11-16/h5-14H,1-4H3. The SMILES string of the molecule is Cc1cn(C(C)(C(=O)N(C)C)c2ccccc2)nc1-c1ccccc1Cl. The number of nitrogens with zero attached hydrogens (tertiary/aromatic N) is 3. The van der Waals surface area contributed by atoms with Crippen molar-refractivity contribution < 1.29 is 4.79 Å². The number of carbonyl (C=O) groups excluding carboxylic acids is 1. The summed E-state index contributed by atoms with van der Waals surface area (Å²) < 4.78 is 1.75. The zero-order valence-electron chi connectivity index (χ0n) is 15.4. The molecule has 2 aromatic carbocycles. The molecular weight excluding hydrogens is 346 g/mol. The first kappa shape index (κ1) is 18.2. The van der Waals surface area contributed by atoms with E-state index in [0.717, 1.165) is 22.4 Å². The fourth-order valence-corrected chi connectivity index (χ4v) is 3.39. The fraction of sp³-hybridized carbons (Fsp3) is 0.238. The highest BCUT2D eigenvalue weighted by atomic mass is 35.5. The van der Waals surface area contributed by atoms with Crippen LogP contribution >= 0.6 is 11.6 Å². The van der Waals surface area contributed by atoms with Crippen molar-refractivity contribution in [3.63, 3.8) is 0 Å². The summed E-state index contributed by atoms with van der Waals surface area (Å²) >= 11 is 6.36. The number of aromatic nitrogens is 2. The summed E-state index contributed by atoms with van der Waals surface area (Å²) in [5.41, 5.74) is 2.54. The van der Waals surface area contributed by atoms with Crippen molar-refractivity contribution in [1.82, 2.24) is 14.7 Å². The first-order chi connectivity index (χ1) is 12.4. The van der Waals surface area contributed by atoms with Crippen LogP contribution in [-0.4, -0.2) is 34.7 Å². The predicted molar refractivity (Wildman–Crippen MR) is 105 cm³/mol. The van der Waals surface area contributed by atoms with E-state index in [-0.39, 0.29) is 5.91 Å². The molecule has 3 aromatic rings. The molecule has 0 aliphatic carbocycles. The number of carbonyl (C=O) groups is 1. The first-order valence-electron chi connectivity index (χ1n) is 8.44. The Morgan fingerprint density at radius 3 is 2.31 bits per heavy atom. The third kappa shape index (κ3) is 3.01. The highest BCUT2D eigenvalue weighted by molar-refractivity contribution is 6.33. The van der Waals surface area contributed by atoms with Crippen LogP contribution in [0, 0.1) is 6.92 Å². The smallest absolute Gasteiger partial charge is 0.254 e. The molecule has 1 amide bonds. The zero-order chi connectivity index (χ0) is 18.9. The van der Waals surface area contributed by atoms with Crippen LogP contribution in [0.4, 0.5) is 0 Å². The molecule has 1 heterocycles. The molecule has 0 fully saturated rings. The van der Waals surface area contributed by atoms with E-state index >= 15 is 0 Å². The summed E-state index contributed by atoms with van der Waals surface area (Å²) in [5.74, 6) is -0.0445. The summed E-state index contributed by atoms with van der Waals surface area (Å²) in [6.45, 7) is 3.88. The van der Waals surface area contributed by atoms with Gasteiger partial charge in [0.15, 0.2) is 5.54 Å². The van der Waals surface area contributed by atoms with E-state index in [1.54, 1.807) is 23.7 Å². The molecule has 0 aliphatic heterocycles. The Kier molecular flexibility index (Phi) is 4.88. The van der Waals surface area contributed by atoms with Gasteiger partial charge in [0.2, 0.25) is 0 Å². The van der Waals surface area contributed by atoms with Crippen LogP contribution in [0.15, 0.2) is 60.8 Å². The van der Waals surface area contributed by atoms with Crippen LogP contribution in [0.5, 0.6) is 0 Å². The highest BCUT2D eigenvalue weighted by Crippen LogP contribution is 2.33. The van der Waals surface area contributed by atoms with E-state index in [4.69, 9.17) is 16.7 Å². The minimum atomic E-state index is -0.949. The van der Waals surface area contributed by atoms with Crippen molar-refractivity contribution in [2.45, 2.75) is 19.4 Å². The molecule has 3 rings (SSSR count). The van der Waals surface area contributed by atoms with Gasteiger partial charge in [0.1, 0.15) is 0 Å². The van der Waals surface area contributed by atoms with Gasteiger partial charge in [0, 0.05) is 25.9 Å². The van der Waals surface area contributed by atoms with Crippen LogP contribution in [0.3, 0.4) is 0 Å². The Labute approximate surface area is 159 Å². The van der Waals surface area contributed by atoms with Gasteiger partial charge in [-0.05, 0) is 31.0 Å². The number of halogens is 1. The van der Waals surface area contributed by atoms with Crippen molar-refractivity contribution in [3.05, 3.63) is 76.9 Å². The van der Waals surface area contributed by atoms with E-state index in [2.05, 4.69) is 0 Å². The van der Waals surface area contributed by atoms with Gasteiger partial charge in [-0.3, -0.25) is 9.48 Å². The van der Waals surface area contributed by atoms with Gasteiger partial charge in [-0.1, -0.05) is 60.1 Å². The number of amides is 1. The van der Waals surface area contributed by atoms with Crippen molar-refractivity contribution in [2.75, 3.05) is 14.1 Å². The quantitative estimate of drug-likeness (QED) is 0.687. The van der Waals surface area contributed by atoms with Gasteiger partial charge in [0.05, 0.1) is 10.7 Å². The van der Waals surface area contributed by atoms with E-state index in [1.165, 1.54) is 0 Å². The van der Waals surface area contributed by atoms with Crippen molar-refractivity contribution in [2.24, 2.45) is 0 Å². The lowest BCUT2D eigenvalue weighted by Gasteiger charge is -2.32. The molecule has 1 atom stereocenters. The minimum absolute atomic E-state index is 0.0445. The average molecular weight is 368 g/mol. The lowest BCUT2D eigenvalue weighted by atomic mass is 9.90.